The molecule has 0 amide bonds. The minimum atomic E-state index is -0.182. The molecular formula is C26H23BrN4O2S. The van der Waals surface area contributed by atoms with E-state index in [0.717, 1.165) is 27.2 Å². The van der Waals surface area contributed by atoms with Gasteiger partial charge in [-0.3, -0.25) is 4.98 Å². The molecule has 0 aliphatic carbocycles. The molecule has 1 fully saturated rings. The van der Waals surface area contributed by atoms with E-state index in [-0.39, 0.29) is 12.1 Å². The monoisotopic (exact) mass is 534 g/mol. The first kappa shape index (κ1) is 22.4. The molecule has 6 nitrogen and oxygen atoms in total. The van der Waals surface area contributed by atoms with Crippen molar-refractivity contribution in [3.63, 3.8) is 0 Å². The first-order chi connectivity index (χ1) is 16.6. The zero-order valence-corrected chi connectivity index (χ0v) is 21.1. The maximum Gasteiger partial charge on any atom is 0.174 e. The van der Waals surface area contributed by atoms with E-state index in [1.807, 2.05) is 48.5 Å². The number of rotatable bonds is 6. The van der Waals surface area contributed by atoms with E-state index in [2.05, 4.69) is 66.2 Å². The molecule has 0 radical (unpaired) electrons. The highest BCUT2D eigenvalue weighted by molar-refractivity contribution is 9.10. The van der Waals surface area contributed by atoms with Gasteiger partial charge in [0.25, 0.3) is 0 Å². The number of hydrogen-bond donors (Lipinski definition) is 1. The van der Waals surface area contributed by atoms with Crippen LogP contribution in [-0.2, 0) is 0 Å². The third-order valence-corrected chi connectivity index (χ3v) is 6.72. The Balaban J connectivity index is 1.69. The molecule has 2 aromatic heterocycles. The number of benzene rings is 2. The number of anilines is 1. The van der Waals surface area contributed by atoms with Crippen molar-refractivity contribution in [1.29, 1.82) is 0 Å². The Morgan fingerprint density at radius 2 is 1.85 bits per heavy atom. The predicted octanol–water partition coefficient (Wildman–Crippen LogP) is 5.83. The molecular weight excluding hydrogens is 512 g/mol. The second-order valence-corrected chi connectivity index (χ2v) is 9.12. The van der Waals surface area contributed by atoms with Gasteiger partial charge in [0.2, 0.25) is 0 Å². The van der Waals surface area contributed by atoms with Gasteiger partial charge in [0, 0.05) is 34.3 Å². The molecule has 1 aliphatic rings. The molecule has 2 atom stereocenters. The summed E-state index contributed by atoms with van der Waals surface area (Å²) in [4.78, 5) is 6.76. The molecule has 1 N–H and O–H groups in total. The molecule has 3 heterocycles. The van der Waals surface area contributed by atoms with Crippen molar-refractivity contribution in [2.24, 2.45) is 0 Å². The zero-order chi connectivity index (χ0) is 23.7. The summed E-state index contributed by atoms with van der Waals surface area (Å²) < 4.78 is 14.4. The van der Waals surface area contributed by atoms with E-state index < -0.39 is 0 Å². The van der Waals surface area contributed by atoms with Crippen molar-refractivity contribution < 1.29 is 9.47 Å². The van der Waals surface area contributed by atoms with Crippen LogP contribution in [-0.4, -0.2) is 28.9 Å². The lowest BCUT2D eigenvalue weighted by molar-refractivity contribution is 0.394. The zero-order valence-electron chi connectivity index (χ0n) is 18.7. The molecule has 0 spiro atoms. The van der Waals surface area contributed by atoms with Crippen LogP contribution < -0.4 is 19.7 Å². The molecule has 4 aromatic rings. The summed E-state index contributed by atoms with van der Waals surface area (Å²) in [6.07, 6.45) is 3.87. The summed E-state index contributed by atoms with van der Waals surface area (Å²) in [5.74, 6) is 1.39. The average molecular weight is 535 g/mol. The number of nitrogens with zero attached hydrogens (tertiary/aromatic N) is 3. The van der Waals surface area contributed by atoms with Gasteiger partial charge in [0.1, 0.15) is 17.5 Å². The van der Waals surface area contributed by atoms with Crippen molar-refractivity contribution in [1.82, 2.24) is 14.9 Å². The van der Waals surface area contributed by atoms with Gasteiger partial charge in [-0.1, -0.05) is 28.1 Å². The van der Waals surface area contributed by atoms with Gasteiger partial charge in [-0.15, -0.1) is 0 Å². The number of ether oxygens (including phenoxy) is 2. The number of nitrogens with one attached hydrogen (secondary N) is 1. The van der Waals surface area contributed by atoms with Crippen LogP contribution in [0.25, 0.3) is 5.69 Å². The number of pyridine rings is 1. The summed E-state index contributed by atoms with van der Waals surface area (Å²) in [6, 6.07) is 23.8. The lowest BCUT2D eigenvalue weighted by Gasteiger charge is -2.30. The van der Waals surface area contributed by atoms with Gasteiger partial charge in [-0.25, -0.2) is 0 Å². The van der Waals surface area contributed by atoms with Gasteiger partial charge in [0.15, 0.2) is 5.11 Å². The van der Waals surface area contributed by atoms with Gasteiger partial charge < -0.3 is 24.3 Å². The third kappa shape index (κ3) is 4.03. The highest BCUT2D eigenvalue weighted by Gasteiger charge is 2.43. The maximum absolute atomic E-state index is 5.88. The highest BCUT2D eigenvalue weighted by Crippen LogP contribution is 2.45. The number of methoxy groups -OCH3 is 2. The summed E-state index contributed by atoms with van der Waals surface area (Å²) in [5, 5.41) is 4.12. The van der Waals surface area contributed by atoms with E-state index in [1.165, 1.54) is 0 Å². The molecule has 1 saturated heterocycles. The standard InChI is InChI=1S/C26H23BrN4O2S/c1-32-19-11-12-21(23(16-19)33-2)31-25(24(29-26(31)34)20-9-3-4-13-28-20)22-10-6-14-30(22)18-8-5-7-17(27)15-18/h3-16,24-25H,1-2H3,(H,29,34)/t24-,25+/m1/s1. The Hall–Kier alpha value is -3.36. The second kappa shape index (κ2) is 9.48. The third-order valence-electron chi connectivity index (χ3n) is 5.91. The Kier molecular flexibility index (Phi) is 6.26. The van der Waals surface area contributed by atoms with Crippen molar-refractivity contribution in [3.05, 3.63) is 101 Å². The molecule has 0 saturated carbocycles. The summed E-state index contributed by atoms with van der Waals surface area (Å²) in [7, 11) is 3.29. The number of halogens is 1. The van der Waals surface area contributed by atoms with Crippen LogP contribution in [0.4, 0.5) is 5.69 Å². The molecule has 0 unspecified atom stereocenters. The molecule has 172 valence electrons. The Morgan fingerprint density at radius 3 is 2.59 bits per heavy atom. The quantitative estimate of drug-likeness (QED) is 0.314. The topological polar surface area (TPSA) is 51.5 Å². The Bertz CT molecular complexity index is 1330. The summed E-state index contributed by atoms with van der Waals surface area (Å²) in [6.45, 7) is 0. The van der Waals surface area contributed by atoms with Gasteiger partial charge in [0.05, 0.1) is 31.6 Å². The molecule has 1 aliphatic heterocycles. The normalized spacial score (nSPS) is 17.5. The number of thiocarbonyl (C=S) groups is 1. The summed E-state index contributed by atoms with van der Waals surface area (Å²) in [5.41, 5.74) is 3.88. The van der Waals surface area contributed by atoms with Crippen LogP contribution in [0.2, 0.25) is 0 Å². The average Bonchev–Trinajstić information content (AvgIpc) is 3.48. The SMILES string of the molecule is COc1ccc(N2C(=S)N[C@H](c3ccccn3)[C@@H]2c2cccn2-c2cccc(Br)c2)c(OC)c1. The first-order valence-electron chi connectivity index (χ1n) is 10.8. The number of hydrogen-bond acceptors (Lipinski definition) is 4. The molecule has 34 heavy (non-hydrogen) atoms. The fraction of sp³-hybridized carbons (Fsp3) is 0.154. The van der Waals surface area contributed by atoms with Crippen LogP contribution in [0.1, 0.15) is 23.5 Å². The maximum atomic E-state index is 5.88. The van der Waals surface area contributed by atoms with E-state index >= 15 is 0 Å². The van der Waals surface area contributed by atoms with Crippen LogP contribution in [0.5, 0.6) is 11.5 Å². The minimum Gasteiger partial charge on any atom is -0.497 e. The fourth-order valence-electron chi connectivity index (χ4n) is 4.39. The van der Waals surface area contributed by atoms with E-state index in [0.29, 0.717) is 16.6 Å². The van der Waals surface area contributed by atoms with Crippen LogP contribution in [0, 0.1) is 0 Å². The minimum absolute atomic E-state index is 0.165. The molecule has 5 rings (SSSR count). The molecule has 2 aromatic carbocycles. The van der Waals surface area contributed by atoms with Gasteiger partial charge in [-0.2, -0.15) is 0 Å². The van der Waals surface area contributed by atoms with Crippen molar-refractivity contribution >= 4 is 38.9 Å². The van der Waals surface area contributed by atoms with Crippen molar-refractivity contribution in [3.8, 4) is 17.2 Å². The van der Waals surface area contributed by atoms with Crippen LogP contribution in [0.15, 0.2) is 89.7 Å². The Morgan fingerprint density at radius 1 is 0.971 bits per heavy atom. The Labute approximate surface area is 212 Å². The first-order valence-corrected chi connectivity index (χ1v) is 12.0. The summed E-state index contributed by atoms with van der Waals surface area (Å²) >= 11 is 9.48. The largest absolute Gasteiger partial charge is 0.497 e. The lowest BCUT2D eigenvalue weighted by atomic mass is 10.0. The van der Waals surface area contributed by atoms with Gasteiger partial charge >= 0.3 is 0 Å². The van der Waals surface area contributed by atoms with Crippen LogP contribution >= 0.6 is 28.1 Å². The van der Waals surface area contributed by atoms with E-state index in [4.69, 9.17) is 21.7 Å². The smallest absolute Gasteiger partial charge is 0.174 e. The van der Waals surface area contributed by atoms with E-state index in [9.17, 15) is 0 Å². The van der Waals surface area contributed by atoms with Crippen molar-refractivity contribution in [2.75, 3.05) is 19.1 Å². The molecule has 8 heteroatoms. The second-order valence-electron chi connectivity index (χ2n) is 7.82. The van der Waals surface area contributed by atoms with Crippen molar-refractivity contribution in [2.45, 2.75) is 12.1 Å². The molecule has 0 bridgehead atoms. The predicted molar refractivity (Wildman–Crippen MR) is 141 cm³/mol. The fourth-order valence-corrected chi connectivity index (χ4v) is 5.12. The highest BCUT2D eigenvalue weighted by atomic mass is 79.9. The van der Waals surface area contributed by atoms with Gasteiger partial charge in [-0.05, 0) is 66.8 Å². The lowest BCUT2D eigenvalue weighted by Crippen LogP contribution is -2.30. The van der Waals surface area contributed by atoms with Crippen LogP contribution in [0.3, 0.4) is 0 Å². The number of aromatic nitrogens is 2. The van der Waals surface area contributed by atoms with E-state index in [1.54, 1.807) is 20.4 Å².